The molecule has 0 fully saturated rings. The number of rotatable bonds is 4. The van der Waals surface area contributed by atoms with Crippen LogP contribution >= 0.6 is 22.9 Å². The average Bonchev–Trinajstić information content (AvgIpc) is 2.86. The zero-order chi connectivity index (χ0) is 18.9. The Balaban J connectivity index is 2.29. The van der Waals surface area contributed by atoms with Crippen molar-refractivity contribution in [3.8, 4) is 0 Å². The second kappa shape index (κ2) is 7.12. The zero-order valence-corrected chi connectivity index (χ0v) is 14.0. The second-order valence-corrected chi connectivity index (χ2v) is 6.46. The second-order valence-electron chi connectivity index (χ2n) is 5.00. The van der Waals surface area contributed by atoms with Gasteiger partial charge in [0.1, 0.15) is 4.88 Å². The quantitative estimate of drug-likeness (QED) is 0.773. The largest absolute Gasteiger partial charge is 0.427 e. The maximum Gasteiger partial charge on any atom is 0.427 e. The summed E-state index contributed by atoms with van der Waals surface area (Å²) in [4.78, 5) is 22.4. The third-order valence-electron chi connectivity index (χ3n) is 3.03. The van der Waals surface area contributed by atoms with Crippen molar-refractivity contribution >= 4 is 34.5 Å². The van der Waals surface area contributed by atoms with Crippen LogP contribution in [0.2, 0.25) is 5.02 Å². The van der Waals surface area contributed by atoms with Crippen molar-refractivity contribution in [2.24, 2.45) is 0 Å². The lowest BCUT2D eigenvalue weighted by atomic mass is 10.2. The van der Waals surface area contributed by atoms with Crippen LogP contribution in [0, 0.1) is 6.92 Å². The van der Waals surface area contributed by atoms with Crippen molar-refractivity contribution < 1.29 is 26.7 Å². The van der Waals surface area contributed by atoms with E-state index in [1.165, 1.54) is 13.0 Å². The number of halogens is 6. The van der Waals surface area contributed by atoms with Crippen LogP contribution in [0.1, 0.15) is 20.1 Å². The molecule has 1 amide bonds. The minimum atomic E-state index is -4.69. The van der Waals surface area contributed by atoms with Crippen molar-refractivity contribution in [3.05, 3.63) is 49.0 Å². The number of thiophene rings is 1. The Kier molecular flexibility index (Phi) is 5.52. The number of hydrogen-bond acceptors (Lipinski definition) is 3. The van der Waals surface area contributed by atoms with Crippen LogP contribution in [-0.2, 0) is 12.7 Å². The number of anilines is 1. The molecule has 2 aromatic heterocycles. The lowest BCUT2D eigenvalue weighted by molar-refractivity contribution is -0.134. The first kappa shape index (κ1) is 19.4. The smallest absolute Gasteiger partial charge is 0.320 e. The van der Waals surface area contributed by atoms with Gasteiger partial charge in [0.2, 0.25) is 0 Å². The number of pyridine rings is 1. The van der Waals surface area contributed by atoms with E-state index in [1.54, 1.807) is 0 Å². The van der Waals surface area contributed by atoms with Crippen LogP contribution in [0.15, 0.2) is 23.1 Å². The molecule has 11 heteroatoms. The summed E-state index contributed by atoms with van der Waals surface area (Å²) >= 11 is 5.65. The summed E-state index contributed by atoms with van der Waals surface area (Å²) in [5, 5.41) is 1.66. The van der Waals surface area contributed by atoms with Crippen LogP contribution in [0.4, 0.5) is 27.6 Å². The van der Waals surface area contributed by atoms with E-state index >= 15 is 0 Å². The number of hydrogen-bond donors (Lipinski definition) is 1. The Morgan fingerprint density at radius 3 is 2.52 bits per heavy atom. The van der Waals surface area contributed by atoms with E-state index < -0.39 is 40.5 Å². The molecule has 0 aliphatic heterocycles. The number of carbonyl (C=O) groups is 1. The first-order valence-electron chi connectivity index (χ1n) is 6.66. The molecule has 136 valence electrons. The topological polar surface area (TPSA) is 51.1 Å². The van der Waals surface area contributed by atoms with Crippen molar-refractivity contribution in [2.45, 2.75) is 26.1 Å². The fourth-order valence-corrected chi connectivity index (χ4v) is 3.21. The minimum absolute atomic E-state index is 0.000770. The van der Waals surface area contributed by atoms with Crippen LogP contribution in [-0.4, -0.2) is 16.9 Å². The molecular formula is C14H10ClF5N2O2S. The van der Waals surface area contributed by atoms with Gasteiger partial charge in [-0.3, -0.25) is 9.59 Å². The predicted molar refractivity (Wildman–Crippen MR) is 83.7 cm³/mol. The van der Waals surface area contributed by atoms with Gasteiger partial charge >= 0.3 is 6.18 Å². The molecule has 0 unspecified atom stereocenters. The van der Waals surface area contributed by atoms with Crippen LogP contribution in [0.3, 0.4) is 0 Å². The monoisotopic (exact) mass is 400 g/mol. The SMILES string of the molecule is Cc1cc(NC(=O)c2cc(Cl)c(C(F)(F)F)s2)cn(CC(F)F)c1=O. The first-order valence-corrected chi connectivity index (χ1v) is 7.85. The maximum absolute atomic E-state index is 12.7. The number of alkyl halides is 5. The van der Waals surface area contributed by atoms with E-state index in [1.807, 2.05) is 0 Å². The van der Waals surface area contributed by atoms with Gasteiger partial charge in [-0.1, -0.05) is 11.6 Å². The molecule has 0 radical (unpaired) electrons. The van der Waals surface area contributed by atoms with E-state index in [9.17, 15) is 31.5 Å². The molecule has 0 saturated heterocycles. The number of aromatic nitrogens is 1. The molecule has 1 N–H and O–H groups in total. The number of nitrogens with zero attached hydrogens (tertiary/aromatic N) is 1. The number of aryl methyl sites for hydroxylation is 1. The highest BCUT2D eigenvalue weighted by molar-refractivity contribution is 7.14. The molecule has 0 aromatic carbocycles. The molecule has 0 aliphatic rings. The summed E-state index contributed by atoms with van der Waals surface area (Å²) in [6.45, 7) is 0.496. The van der Waals surface area contributed by atoms with Gasteiger partial charge in [0.15, 0.2) is 0 Å². The number of nitrogens with one attached hydrogen (secondary N) is 1. The van der Waals surface area contributed by atoms with Crippen molar-refractivity contribution in [1.82, 2.24) is 4.57 Å². The van der Waals surface area contributed by atoms with Crippen LogP contribution in [0.25, 0.3) is 0 Å². The van der Waals surface area contributed by atoms with Gasteiger partial charge in [-0.05, 0) is 19.1 Å². The maximum atomic E-state index is 12.7. The first-order chi connectivity index (χ1) is 11.5. The molecule has 0 saturated carbocycles. The molecule has 2 rings (SSSR count). The fraction of sp³-hybridized carbons (Fsp3) is 0.286. The summed E-state index contributed by atoms with van der Waals surface area (Å²) in [6, 6.07) is 2.11. The number of carbonyl (C=O) groups excluding carboxylic acids is 1. The molecule has 0 aliphatic carbocycles. The van der Waals surface area contributed by atoms with E-state index in [-0.39, 0.29) is 27.5 Å². The highest BCUT2D eigenvalue weighted by Crippen LogP contribution is 2.40. The van der Waals surface area contributed by atoms with E-state index in [4.69, 9.17) is 11.6 Å². The van der Waals surface area contributed by atoms with Gasteiger partial charge in [0, 0.05) is 11.8 Å². The Morgan fingerprint density at radius 1 is 1.36 bits per heavy atom. The van der Waals surface area contributed by atoms with Crippen LogP contribution in [0.5, 0.6) is 0 Å². The van der Waals surface area contributed by atoms with Crippen molar-refractivity contribution in [1.29, 1.82) is 0 Å². The normalized spacial score (nSPS) is 11.8. The molecule has 2 aromatic rings. The van der Waals surface area contributed by atoms with Crippen LogP contribution < -0.4 is 10.9 Å². The molecule has 25 heavy (non-hydrogen) atoms. The van der Waals surface area contributed by atoms with E-state index in [0.717, 1.165) is 16.8 Å². The average molecular weight is 401 g/mol. The highest BCUT2D eigenvalue weighted by Gasteiger charge is 2.36. The summed E-state index contributed by atoms with van der Waals surface area (Å²) in [5.41, 5.74) is -0.559. The Labute approximate surface area is 146 Å². The lowest BCUT2D eigenvalue weighted by Crippen LogP contribution is -2.25. The Hall–Kier alpha value is -1.94. The van der Waals surface area contributed by atoms with E-state index in [2.05, 4.69) is 5.32 Å². The van der Waals surface area contributed by atoms with Gasteiger partial charge in [0.05, 0.1) is 22.1 Å². The van der Waals surface area contributed by atoms with E-state index in [0.29, 0.717) is 0 Å². The molecule has 0 bridgehead atoms. The number of amides is 1. The molecule has 0 spiro atoms. The minimum Gasteiger partial charge on any atom is -0.320 e. The van der Waals surface area contributed by atoms with Gasteiger partial charge in [-0.25, -0.2) is 8.78 Å². The van der Waals surface area contributed by atoms with Gasteiger partial charge in [0.25, 0.3) is 17.9 Å². The van der Waals surface area contributed by atoms with Crippen molar-refractivity contribution in [3.63, 3.8) is 0 Å². The van der Waals surface area contributed by atoms with Crippen molar-refractivity contribution in [2.75, 3.05) is 5.32 Å². The summed E-state index contributed by atoms with van der Waals surface area (Å²) in [7, 11) is 0. The molecule has 2 heterocycles. The highest BCUT2D eigenvalue weighted by atomic mass is 35.5. The standard InChI is InChI=1S/C14H10ClF5N2O2S/c1-6-2-7(4-22(13(6)24)5-10(16)17)21-12(23)9-3-8(15)11(25-9)14(18,19)20/h2-4,10H,5H2,1H3,(H,21,23). The summed E-state index contributed by atoms with van der Waals surface area (Å²) in [6.07, 6.45) is -6.48. The van der Waals surface area contributed by atoms with Gasteiger partial charge < -0.3 is 9.88 Å². The third kappa shape index (κ3) is 4.57. The lowest BCUT2D eigenvalue weighted by Gasteiger charge is -2.10. The third-order valence-corrected chi connectivity index (χ3v) is 4.61. The fourth-order valence-electron chi connectivity index (χ4n) is 2.00. The Morgan fingerprint density at radius 2 is 2.00 bits per heavy atom. The van der Waals surface area contributed by atoms with Gasteiger partial charge in [-0.15, -0.1) is 11.3 Å². The summed E-state index contributed by atoms with van der Waals surface area (Å²) in [5.74, 6) is -0.899. The summed E-state index contributed by atoms with van der Waals surface area (Å²) < 4.78 is 63.8. The molecular weight excluding hydrogens is 391 g/mol. The zero-order valence-electron chi connectivity index (χ0n) is 12.5. The molecule has 0 atom stereocenters. The van der Waals surface area contributed by atoms with Gasteiger partial charge in [-0.2, -0.15) is 13.2 Å². The molecule has 4 nitrogen and oxygen atoms in total. The predicted octanol–water partition coefficient (Wildman–Crippen LogP) is 4.41. The Bertz CT molecular complexity index is 860.